The number of para-hydroxylation sites is 1. The van der Waals surface area contributed by atoms with E-state index in [2.05, 4.69) is 4.98 Å². The van der Waals surface area contributed by atoms with Gasteiger partial charge in [0.2, 0.25) is 9.84 Å². The third-order valence-corrected chi connectivity index (χ3v) is 7.01. The normalized spacial score (nSPS) is 19.5. The molecule has 0 amide bonds. The second-order valence-electron chi connectivity index (χ2n) is 6.90. The topological polar surface area (TPSA) is 114 Å². The van der Waals surface area contributed by atoms with Crippen LogP contribution in [0.2, 0.25) is 0 Å². The van der Waals surface area contributed by atoms with Crippen LogP contribution in [0.1, 0.15) is 6.92 Å². The van der Waals surface area contributed by atoms with Gasteiger partial charge in [-0.3, -0.25) is 4.57 Å². The number of benzene rings is 2. The summed E-state index contributed by atoms with van der Waals surface area (Å²) in [4.78, 5) is 13.8. The Kier molecular flexibility index (Phi) is 4.50. The Morgan fingerprint density at radius 1 is 1.10 bits per heavy atom. The minimum Gasteiger partial charge on any atom is -0.492 e. The van der Waals surface area contributed by atoms with Crippen molar-refractivity contribution in [2.24, 2.45) is 0 Å². The maximum absolute atomic E-state index is 12.8. The van der Waals surface area contributed by atoms with Gasteiger partial charge in [-0.25, -0.2) is 8.42 Å². The first-order valence-electron chi connectivity index (χ1n) is 8.70. The van der Waals surface area contributed by atoms with Crippen molar-refractivity contribution in [1.82, 2.24) is 9.55 Å². The zero-order valence-electron chi connectivity index (χ0n) is 15.4. The van der Waals surface area contributed by atoms with E-state index in [1.165, 1.54) is 11.5 Å². The van der Waals surface area contributed by atoms with Crippen LogP contribution in [-0.4, -0.2) is 34.2 Å². The van der Waals surface area contributed by atoms with Crippen LogP contribution < -0.4 is 9.47 Å². The summed E-state index contributed by atoms with van der Waals surface area (Å²) in [5.74, 6) is 1.32. The lowest BCUT2D eigenvalue weighted by Crippen LogP contribution is -2.39. The van der Waals surface area contributed by atoms with Crippen molar-refractivity contribution in [3.05, 3.63) is 70.9 Å². The third kappa shape index (κ3) is 3.42. The first-order chi connectivity index (χ1) is 13.8. The highest BCUT2D eigenvalue weighted by atomic mass is 32.2. The average Bonchev–Trinajstić information content (AvgIpc) is 3.19. The van der Waals surface area contributed by atoms with Crippen molar-refractivity contribution < 1.29 is 22.8 Å². The largest absolute Gasteiger partial charge is 0.492 e. The van der Waals surface area contributed by atoms with Gasteiger partial charge in [-0.05, 0) is 53.2 Å². The molecule has 0 radical (unpaired) electrons. The molecule has 0 fully saturated rings. The molecule has 2 heterocycles. The molecule has 0 saturated heterocycles. The van der Waals surface area contributed by atoms with Crippen molar-refractivity contribution in [2.75, 3.05) is 6.61 Å². The van der Waals surface area contributed by atoms with Crippen molar-refractivity contribution in [3.8, 4) is 17.2 Å². The summed E-state index contributed by atoms with van der Waals surface area (Å²) >= 11 is 0. The summed E-state index contributed by atoms with van der Waals surface area (Å²) in [5, 5.41) is 10.5. The van der Waals surface area contributed by atoms with Crippen LogP contribution in [0.4, 0.5) is 5.82 Å². The van der Waals surface area contributed by atoms with E-state index in [0.29, 0.717) is 17.2 Å². The minimum absolute atomic E-state index is 0.0285. The molecule has 1 aliphatic rings. The molecule has 1 aliphatic heterocycles. The van der Waals surface area contributed by atoms with Gasteiger partial charge in [0.05, 0.1) is 6.54 Å². The Morgan fingerprint density at radius 2 is 1.72 bits per heavy atom. The fourth-order valence-electron chi connectivity index (χ4n) is 3.05. The molecule has 2 aromatic carbocycles. The zero-order valence-corrected chi connectivity index (χ0v) is 16.2. The lowest BCUT2D eigenvalue weighted by atomic mass is 10.2. The molecular formula is C19H17N3O6S. The molecule has 150 valence electrons. The predicted octanol–water partition coefficient (Wildman–Crippen LogP) is 3.21. The van der Waals surface area contributed by atoms with Gasteiger partial charge < -0.3 is 19.6 Å². The highest BCUT2D eigenvalue weighted by Gasteiger charge is 2.53. The number of sulfone groups is 1. The molecule has 29 heavy (non-hydrogen) atoms. The van der Waals surface area contributed by atoms with Crippen LogP contribution >= 0.6 is 0 Å². The molecule has 3 aromatic rings. The van der Waals surface area contributed by atoms with E-state index in [4.69, 9.17) is 9.47 Å². The van der Waals surface area contributed by atoms with Crippen LogP contribution in [0.25, 0.3) is 0 Å². The molecule has 0 spiro atoms. The highest BCUT2D eigenvalue weighted by Crippen LogP contribution is 2.36. The molecule has 4 rings (SSSR count). The maximum atomic E-state index is 12.8. The summed E-state index contributed by atoms with van der Waals surface area (Å²) in [5.41, 5.74) is 0. The number of aromatic nitrogens is 2. The van der Waals surface area contributed by atoms with Crippen LogP contribution in [0.5, 0.6) is 17.2 Å². The summed E-state index contributed by atoms with van der Waals surface area (Å²) in [6, 6.07) is 16.1. The second kappa shape index (κ2) is 6.89. The van der Waals surface area contributed by atoms with E-state index in [1.807, 2.05) is 30.3 Å². The van der Waals surface area contributed by atoms with Crippen LogP contribution in [-0.2, 0) is 16.4 Å². The SMILES string of the molecule is CC1(COc2ccc(Oc3ccccc3)cc2)Cn2cc([N+](=O)[O-])nc2S1(=O)=O. The predicted molar refractivity (Wildman–Crippen MR) is 103 cm³/mol. The second-order valence-corrected chi connectivity index (χ2v) is 9.25. The average molecular weight is 415 g/mol. The molecule has 0 saturated carbocycles. The molecule has 9 nitrogen and oxygen atoms in total. The smallest absolute Gasteiger partial charge is 0.383 e. The van der Waals surface area contributed by atoms with Gasteiger partial charge in [0.15, 0.2) is 0 Å². The Bertz CT molecular complexity index is 1160. The fourth-order valence-corrected chi connectivity index (χ4v) is 4.66. The molecule has 1 aromatic heterocycles. The van der Waals surface area contributed by atoms with Crippen LogP contribution in [0, 0.1) is 10.1 Å². The van der Waals surface area contributed by atoms with Crippen molar-refractivity contribution in [1.29, 1.82) is 0 Å². The number of hydrogen-bond donors (Lipinski definition) is 0. The molecule has 0 N–H and O–H groups in total. The number of ether oxygens (including phenoxy) is 2. The summed E-state index contributed by atoms with van der Waals surface area (Å²) in [6.07, 6.45) is 1.13. The fraction of sp³-hybridized carbons (Fsp3) is 0.211. The highest BCUT2D eigenvalue weighted by molar-refractivity contribution is 7.92. The van der Waals surface area contributed by atoms with E-state index < -0.39 is 25.3 Å². The molecule has 1 unspecified atom stereocenters. The number of nitrogens with zero attached hydrogens (tertiary/aromatic N) is 3. The first kappa shape index (κ1) is 18.9. The minimum atomic E-state index is -3.88. The van der Waals surface area contributed by atoms with Gasteiger partial charge in [0.1, 0.15) is 34.8 Å². The maximum Gasteiger partial charge on any atom is 0.383 e. The Labute approximate surface area is 166 Å². The summed E-state index contributed by atoms with van der Waals surface area (Å²) in [6.45, 7) is 1.45. The van der Waals surface area contributed by atoms with Gasteiger partial charge in [-0.15, -0.1) is 0 Å². The van der Waals surface area contributed by atoms with Crippen LogP contribution in [0.15, 0.2) is 66.0 Å². The van der Waals surface area contributed by atoms with E-state index >= 15 is 0 Å². The van der Waals surface area contributed by atoms with Gasteiger partial charge >= 0.3 is 11.0 Å². The molecule has 0 aliphatic carbocycles. The Hall–Kier alpha value is -3.40. The first-order valence-corrected chi connectivity index (χ1v) is 10.2. The van der Waals surface area contributed by atoms with Gasteiger partial charge in [-0.1, -0.05) is 18.2 Å². The van der Waals surface area contributed by atoms with E-state index in [9.17, 15) is 18.5 Å². The summed E-state index contributed by atoms with van der Waals surface area (Å²) in [7, 11) is -3.88. The standard InChI is InChI=1S/C19H17N3O6S/c1-19(12-21-11-17(22(23)24)20-18(21)29(19,25)26)13-27-14-7-9-16(10-8-14)28-15-5-3-2-4-6-15/h2-11H,12-13H2,1H3. The van der Waals surface area contributed by atoms with Crippen LogP contribution in [0.3, 0.4) is 0 Å². The third-order valence-electron chi connectivity index (χ3n) is 4.65. The number of imidazole rings is 1. The lowest BCUT2D eigenvalue weighted by Gasteiger charge is -2.21. The van der Waals surface area contributed by atoms with E-state index in [0.717, 1.165) is 6.20 Å². The van der Waals surface area contributed by atoms with Crippen molar-refractivity contribution in [2.45, 2.75) is 23.4 Å². The molecule has 0 bridgehead atoms. The van der Waals surface area contributed by atoms with Gasteiger partial charge in [0, 0.05) is 0 Å². The molecule has 10 heteroatoms. The lowest BCUT2D eigenvalue weighted by molar-refractivity contribution is -0.389. The Balaban J connectivity index is 1.44. The molecule has 1 atom stereocenters. The van der Waals surface area contributed by atoms with E-state index in [1.54, 1.807) is 24.3 Å². The number of hydrogen-bond acceptors (Lipinski definition) is 7. The number of fused-ring (bicyclic) bond motifs is 1. The van der Waals surface area contributed by atoms with Gasteiger partial charge in [-0.2, -0.15) is 0 Å². The zero-order chi connectivity index (χ0) is 20.6. The molecular weight excluding hydrogens is 398 g/mol. The quantitative estimate of drug-likeness (QED) is 0.449. The Morgan fingerprint density at radius 3 is 2.34 bits per heavy atom. The van der Waals surface area contributed by atoms with Crippen molar-refractivity contribution >= 4 is 15.7 Å². The van der Waals surface area contributed by atoms with Crippen molar-refractivity contribution in [3.63, 3.8) is 0 Å². The van der Waals surface area contributed by atoms with E-state index in [-0.39, 0.29) is 18.3 Å². The summed E-state index contributed by atoms with van der Waals surface area (Å²) < 4.78 is 37.1. The van der Waals surface area contributed by atoms with Gasteiger partial charge in [0.25, 0.3) is 0 Å². The number of nitro groups is 1. The number of rotatable bonds is 6. The monoisotopic (exact) mass is 415 g/mol.